The lowest BCUT2D eigenvalue weighted by molar-refractivity contribution is -0.124. The van der Waals surface area contributed by atoms with E-state index in [-0.39, 0.29) is 11.8 Å². The molecule has 2 aromatic carbocycles. The lowest BCUT2D eigenvalue weighted by Gasteiger charge is -2.40. The Labute approximate surface area is 178 Å². The van der Waals surface area contributed by atoms with Crippen molar-refractivity contribution in [2.45, 2.75) is 24.7 Å². The summed E-state index contributed by atoms with van der Waals surface area (Å²) in [4.78, 5) is 29.2. The Balaban J connectivity index is 1.48. The van der Waals surface area contributed by atoms with E-state index in [4.69, 9.17) is 11.6 Å². The zero-order valence-corrected chi connectivity index (χ0v) is 16.7. The van der Waals surface area contributed by atoms with Gasteiger partial charge < -0.3 is 10.6 Å². The molecular formula is C23H19ClFN3O2. The molecule has 2 N–H and O–H groups in total. The van der Waals surface area contributed by atoms with Gasteiger partial charge >= 0.3 is 0 Å². The SMILES string of the molecule is O=C(Nc1ccc(C2(C(=O)Nc3ccc(F)cn3)CCC2)cc1)c1cccc(Cl)c1. The third-order valence-electron chi connectivity index (χ3n) is 5.39. The van der Waals surface area contributed by atoms with Crippen LogP contribution in [0.1, 0.15) is 35.2 Å². The molecule has 0 atom stereocenters. The molecule has 30 heavy (non-hydrogen) atoms. The van der Waals surface area contributed by atoms with Gasteiger partial charge in [0.25, 0.3) is 5.91 Å². The van der Waals surface area contributed by atoms with Gasteiger partial charge in [0.1, 0.15) is 11.6 Å². The van der Waals surface area contributed by atoms with Gasteiger partial charge in [0.2, 0.25) is 5.91 Å². The molecule has 0 spiro atoms. The fraction of sp³-hybridized carbons (Fsp3) is 0.174. The number of aromatic nitrogens is 1. The summed E-state index contributed by atoms with van der Waals surface area (Å²) in [5, 5.41) is 6.11. The summed E-state index contributed by atoms with van der Waals surface area (Å²) in [7, 11) is 0. The second kappa shape index (κ2) is 8.24. The molecule has 1 aliphatic carbocycles. The smallest absolute Gasteiger partial charge is 0.255 e. The molecule has 1 saturated carbocycles. The summed E-state index contributed by atoms with van der Waals surface area (Å²) in [5.74, 6) is -0.563. The van der Waals surface area contributed by atoms with E-state index < -0.39 is 11.2 Å². The second-order valence-electron chi connectivity index (χ2n) is 7.29. The molecule has 5 nitrogen and oxygen atoms in total. The molecule has 152 valence electrons. The number of nitrogens with one attached hydrogen (secondary N) is 2. The van der Waals surface area contributed by atoms with Crippen LogP contribution in [0, 0.1) is 5.82 Å². The molecule has 1 aliphatic rings. The van der Waals surface area contributed by atoms with Crippen molar-refractivity contribution in [2.75, 3.05) is 10.6 Å². The summed E-state index contributed by atoms with van der Waals surface area (Å²) in [6.45, 7) is 0. The molecule has 0 aliphatic heterocycles. The van der Waals surface area contributed by atoms with Crippen LogP contribution in [0.2, 0.25) is 5.02 Å². The summed E-state index contributed by atoms with van der Waals surface area (Å²) in [5.41, 5.74) is 1.31. The van der Waals surface area contributed by atoms with E-state index in [0.29, 0.717) is 34.9 Å². The number of rotatable bonds is 5. The number of pyridine rings is 1. The topological polar surface area (TPSA) is 71.1 Å². The van der Waals surface area contributed by atoms with Gasteiger partial charge in [-0.3, -0.25) is 9.59 Å². The summed E-state index contributed by atoms with van der Waals surface area (Å²) < 4.78 is 13.0. The first-order chi connectivity index (χ1) is 14.5. The maximum absolute atomic E-state index is 13.0. The number of hydrogen-bond donors (Lipinski definition) is 2. The highest BCUT2D eigenvalue weighted by molar-refractivity contribution is 6.31. The minimum Gasteiger partial charge on any atom is -0.322 e. The fourth-order valence-electron chi connectivity index (χ4n) is 3.57. The average Bonchev–Trinajstić information content (AvgIpc) is 2.70. The van der Waals surface area contributed by atoms with Crippen molar-refractivity contribution in [2.24, 2.45) is 0 Å². The van der Waals surface area contributed by atoms with Gasteiger partial charge in [-0.25, -0.2) is 9.37 Å². The van der Waals surface area contributed by atoms with E-state index in [1.54, 1.807) is 36.4 Å². The predicted octanol–water partition coefficient (Wildman–Crippen LogP) is 5.19. The van der Waals surface area contributed by atoms with Crippen LogP contribution in [0.3, 0.4) is 0 Å². The number of amides is 2. The normalized spacial score (nSPS) is 14.5. The van der Waals surface area contributed by atoms with Gasteiger partial charge in [0, 0.05) is 16.3 Å². The third-order valence-corrected chi connectivity index (χ3v) is 5.63. The summed E-state index contributed by atoms with van der Waals surface area (Å²) in [6, 6.07) is 16.7. The third kappa shape index (κ3) is 4.04. The Morgan fingerprint density at radius 3 is 2.37 bits per heavy atom. The van der Waals surface area contributed by atoms with Crippen LogP contribution in [0.5, 0.6) is 0 Å². The maximum atomic E-state index is 13.0. The van der Waals surface area contributed by atoms with E-state index in [9.17, 15) is 14.0 Å². The molecule has 3 aromatic rings. The number of carbonyl (C=O) groups is 2. The van der Waals surface area contributed by atoms with E-state index >= 15 is 0 Å². The Hall–Kier alpha value is -3.25. The first-order valence-corrected chi connectivity index (χ1v) is 9.95. The molecule has 0 bridgehead atoms. The van der Waals surface area contributed by atoms with Crippen molar-refractivity contribution >= 4 is 34.9 Å². The maximum Gasteiger partial charge on any atom is 0.255 e. The molecule has 1 fully saturated rings. The number of hydrogen-bond acceptors (Lipinski definition) is 3. The Kier molecular flexibility index (Phi) is 5.50. The van der Waals surface area contributed by atoms with Crippen molar-refractivity contribution in [3.63, 3.8) is 0 Å². The standard InChI is InChI=1S/C23H19ClFN3O2/c24-17-4-1-3-15(13-17)21(29)27-19-8-5-16(6-9-19)23(11-2-12-23)22(30)28-20-10-7-18(25)14-26-20/h1,3-10,13-14H,2,11-12H2,(H,27,29)(H,26,28,30). The first kappa shape index (κ1) is 20.0. The van der Waals surface area contributed by atoms with Gasteiger partial charge in [-0.2, -0.15) is 0 Å². The van der Waals surface area contributed by atoms with Gasteiger partial charge in [-0.15, -0.1) is 0 Å². The lowest BCUT2D eigenvalue weighted by Crippen LogP contribution is -2.46. The van der Waals surface area contributed by atoms with Crippen molar-refractivity contribution in [1.29, 1.82) is 0 Å². The highest BCUT2D eigenvalue weighted by Crippen LogP contribution is 2.44. The highest BCUT2D eigenvalue weighted by atomic mass is 35.5. The molecule has 0 saturated heterocycles. The zero-order chi connectivity index (χ0) is 21.1. The van der Waals surface area contributed by atoms with E-state index in [1.165, 1.54) is 12.1 Å². The van der Waals surface area contributed by atoms with Crippen molar-refractivity contribution < 1.29 is 14.0 Å². The summed E-state index contributed by atoms with van der Waals surface area (Å²) in [6.07, 6.45) is 3.44. The molecule has 1 heterocycles. The molecule has 1 aromatic heterocycles. The van der Waals surface area contributed by atoms with Crippen LogP contribution < -0.4 is 10.6 Å². The van der Waals surface area contributed by atoms with Crippen molar-refractivity contribution in [1.82, 2.24) is 4.98 Å². The van der Waals surface area contributed by atoms with Crippen LogP contribution in [0.15, 0.2) is 66.9 Å². The molecule has 0 unspecified atom stereocenters. The number of halogens is 2. The molecule has 4 rings (SSSR count). The molecule has 7 heteroatoms. The number of anilines is 2. The van der Waals surface area contributed by atoms with Crippen LogP contribution in [-0.4, -0.2) is 16.8 Å². The van der Waals surface area contributed by atoms with Crippen LogP contribution in [0.4, 0.5) is 15.9 Å². The quantitative estimate of drug-likeness (QED) is 0.593. The lowest BCUT2D eigenvalue weighted by atomic mass is 9.64. The monoisotopic (exact) mass is 423 g/mol. The first-order valence-electron chi connectivity index (χ1n) is 9.57. The van der Waals surface area contributed by atoms with Crippen LogP contribution >= 0.6 is 11.6 Å². The zero-order valence-electron chi connectivity index (χ0n) is 16.0. The Bertz CT molecular complexity index is 1080. The van der Waals surface area contributed by atoms with Gasteiger partial charge in [0.15, 0.2) is 0 Å². The largest absolute Gasteiger partial charge is 0.322 e. The van der Waals surface area contributed by atoms with Crippen molar-refractivity contribution in [3.8, 4) is 0 Å². The fourth-order valence-corrected chi connectivity index (χ4v) is 3.76. The van der Waals surface area contributed by atoms with E-state index in [1.807, 2.05) is 12.1 Å². The Morgan fingerprint density at radius 1 is 1.00 bits per heavy atom. The van der Waals surface area contributed by atoms with E-state index in [2.05, 4.69) is 15.6 Å². The predicted molar refractivity (Wildman–Crippen MR) is 114 cm³/mol. The van der Waals surface area contributed by atoms with Gasteiger partial charge in [-0.1, -0.05) is 36.2 Å². The summed E-state index contributed by atoms with van der Waals surface area (Å²) >= 11 is 5.94. The number of nitrogens with zero attached hydrogens (tertiary/aromatic N) is 1. The van der Waals surface area contributed by atoms with Gasteiger partial charge in [0.05, 0.1) is 11.6 Å². The second-order valence-corrected chi connectivity index (χ2v) is 7.73. The van der Waals surface area contributed by atoms with Gasteiger partial charge in [-0.05, 0) is 60.9 Å². The number of carbonyl (C=O) groups excluding carboxylic acids is 2. The Morgan fingerprint density at radius 2 is 1.77 bits per heavy atom. The van der Waals surface area contributed by atoms with Crippen LogP contribution in [-0.2, 0) is 10.2 Å². The highest BCUT2D eigenvalue weighted by Gasteiger charge is 2.45. The average molecular weight is 424 g/mol. The van der Waals surface area contributed by atoms with E-state index in [0.717, 1.165) is 18.2 Å². The minimum absolute atomic E-state index is 0.163. The van der Waals surface area contributed by atoms with Crippen molar-refractivity contribution in [3.05, 3.63) is 88.8 Å². The molecular weight excluding hydrogens is 405 g/mol. The van der Waals surface area contributed by atoms with Crippen LogP contribution in [0.25, 0.3) is 0 Å². The molecule has 0 radical (unpaired) electrons. The molecule has 2 amide bonds. The minimum atomic E-state index is -0.647. The number of benzene rings is 2.